The predicted octanol–water partition coefficient (Wildman–Crippen LogP) is 3.18. The highest BCUT2D eigenvalue weighted by Gasteiger charge is 2.10. The van der Waals surface area contributed by atoms with E-state index < -0.39 is 0 Å². The molecule has 5 heteroatoms. The molecule has 1 N–H and O–H groups in total. The highest BCUT2D eigenvalue weighted by atomic mass is 35.5. The second-order valence-corrected chi connectivity index (χ2v) is 5.82. The lowest BCUT2D eigenvalue weighted by Gasteiger charge is -2.02. The number of hydrogen-bond acceptors (Lipinski definition) is 4. The van der Waals surface area contributed by atoms with Crippen LogP contribution in [-0.4, -0.2) is 15.3 Å². The molecule has 13 heavy (non-hydrogen) atoms. The Hall–Kier alpha value is 0.230. The molecule has 0 saturated carbocycles. The minimum atomic E-state index is -0.0163. The van der Waals surface area contributed by atoms with Crippen LogP contribution in [0.3, 0.4) is 0 Å². The van der Waals surface area contributed by atoms with Crippen LogP contribution >= 0.6 is 34.7 Å². The zero-order valence-corrected chi connectivity index (χ0v) is 9.97. The topological polar surface area (TPSA) is 33.1 Å². The number of aromatic nitrogens is 1. The molecule has 0 fully saturated rings. The largest absolute Gasteiger partial charge is 0.391 e. The van der Waals surface area contributed by atoms with Gasteiger partial charge in [-0.1, -0.05) is 37.2 Å². The molecule has 0 spiro atoms. The molecule has 0 aromatic carbocycles. The number of halogens is 1. The molecule has 0 aliphatic carbocycles. The second-order valence-electron chi connectivity index (χ2n) is 2.69. The third kappa shape index (κ3) is 3.13. The van der Waals surface area contributed by atoms with Crippen molar-refractivity contribution in [1.29, 1.82) is 0 Å². The van der Waals surface area contributed by atoms with Gasteiger partial charge in [-0.15, -0.1) is 11.3 Å². The van der Waals surface area contributed by atoms with Crippen molar-refractivity contribution >= 4 is 34.7 Å². The molecule has 0 aliphatic rings. The molecule has 0 amide bonds. The SMILES string of the molecule is CCC(C)Sc1nc(Cl)c(CO)s1. The minimum absolute atomic E-state index is 0.0163. The van der Waals surface area contributed by atoms with Crippen molar-refractivity contribution in [3.05, 3.63) is 10.0 Å². The first kappa shape index (κ1) is 11.3. The quantitative estimate of drug-likeness (QED) is 0.817. The van der Waals surface area contributed by atoms with E-state index in [2.05, 4.69) is 18.8 Å². The number of thiazole rings is 1. The Labute approximate surface area is 91.3 Å². The number of nitrogens with zero attached hydrogens (tertiary/aromatic N) is 1. The second kappa shape index (κ2) is 5.20. The van der Waals surface area contributed by atoms with Gasteiger partial charge in [0.2, 0.25) is 0 Å². The highest BCUT2D eigenvalue weighted by Crippen LogP contribution is 2.33. The molecule has 1 aromatic heterocycles. The van der Waals surface area contributed by atoms with Gasteiger partial charge in [0.05, 0.1) is 11.5 Å². The molecule has 1 unspecified atom stereocenters. The van der Waals surface area contributed by atoms with E-state index in [1.54, 1.807) is 11.8 Å². The molecule has 0 bridgehead atoms. The number of aliphatic hydroxyl groups is 1. The number of thioether (sulfide) groups is 1. The predicted molar refractivity (Wildman–Crippen MR) is 58.7 cm³/mol. The molecule has 74 valence electrons. The minimum Gasteiger partial charge on any atom is -0.391 e. The van der Waals surface area contributed by atoms with Gasteiger partial charge in [-0.05, 0) is 6.42 Å². The summed E-state index contributed by atoms with van der Waals surface area (Å²) in [5.74, 6) is 0. The maximum absolute atomic E-state index is 8.90. The Morgan fingerprint density at radius 1 is 1.69 bits per heavy atom. The van der Waals surface area contributed by atoms with Crippen molar-refractivity contribution in [2.75, 3.05) is 0 Å². The summed E-state index contributed by atoms with van der Waals surface area (Å²) < 4.78 is 0.948. The van der Waals surface area contributed by atoms with Crippen LogP contribution in [0.25, 0.3) is 0 Å². The first-order chi connectivity index (χ1) is 6.17. The third-order valence-electron chi connectivity index (χ3n) is 1.65. The molecular formula is C8H12ClNOS2. The van der Waals surface area contributed by atoms with Gasteiger partial charge in [0, 0.05) is 5.25 Å². The Kier molecular flexibility index (Phi) is 4.52. The van der Waals surface area contributed by atoms with Crippen LogP contribution in [0.5, 0.6) is 0 Å². The smallest absolute Gasteiger partial charge is 0.152 e. The van der Waals surface area contributed by atoms with Gasteiger partial charge in [0.25, 0.3) is 0 Å². The molecule has 0 radical (unpaired) electrons. The molecule has 0 saturated heterocycles. The van der Waals surface area contributed by atoms with Gasteiger partial charge in [-0.25, -0.2) is 4.98 Å². The Morgan fingerprint density at radius 3 is 2.85 bits per heavy atom. The zero-order valence-electron chi connectivity index (χ0n) is 7.58. The van der Waals surface area contributed by atoms with Crippen molar-refractivity contribution < 1.29 is 5.11 Å². The fourth-order valence-corrected chi connectivity index (χ4v) is 3.26. The first-order valence-corrected chi connectivity index (χ1v) is 6.17. The lowest BCUT2D eigenvalue weighted by molar-refractivity contribution is 0.285. The van der Waals surface area contributed by atoms with Gasteiger partial charge in [0.1, 0.15) is 5.15 Å². The monoisotopic (exact) mass is 237 g/mol. The van der Waals surface area contributed by atoms with Crippen molar-refractivity contribution in [1.82, 2.24) is 4.98 Å². The fourth-order valence-electron chi connectivity index (χ4n) is 0.716. The van der Waals surface area contributed by atoms with Gasteiger partial charge < -0.3 is 5.11 Å². The van der Waals surface area contributed by atoms with E-state index in [-0.39, 0.29) is 6.61 Å². The summed E-state index contributed by atoms with van der Waals surface area (Å²) in [5.41, 5.74) is 0. The van der Waals surface area contributed by atoms with E-state index in [4.69, 9.17) is 16.7 Å². The van der Waals surface area contributed by atoms with Crippen LogP contribution in [0.4, 0.5) is 0 Å². The van der Waals surface area contributed by atoms with Crippen molar-refractivity contribution in [3.8, 4) is 0 Å². The van der Waals surface area contributed by atoms with Crippen LogP contribution in [0.2, 0.25) is 5.15 Å². The molecule has 1 heterocycles. The Bertz CT molecular complexity index is 277. The molecule has 1 atom stereocenters. The average Bonchev–Trinajstić information content (AvgIpc) is 2.46. The molecule has 2 nitrogen and oxygen atoms in total. The van der Waals surface area contributed by atoms with Crippen LogP contribution < -0.4 is 0 Å². The summed E-state index contributed by atoms with van der Waals surface area (Å²) >= 11 is 8.98. The van der Waals surface area contributed by atoms with Crippen LogP contribution in [0.1, 0.15) is 25.1 Å². The standard InChI is InChI=1S/C8H12ClNOS2/c1-3-5(2)12-8-10-7(9)6(4-11)13-8/h5,11H,3-4H2,1-2H3. The summed E-state index contributed by atoms with van der Waals surface area (Å²) in [7, 11) is 0. The summed E-state index contributed by atoms with van der Waals surface area (Å²) in [4.78, 5) is 4.91. The third-order valence-corrected chi connectivity index (χ3v) is 4.48. The average molecular weight is 238 g/mol. The summed E-state index contributed by atoms with van der Waals surface area (Å²) in [6.07, 6.45) is 1.11. The van der Waals surface area contributed by atoms with E-state index >= 15 is 0 Å². The van der Waals surface area contributed by atoms with E-state index in [9.17, 15) is 0 Å². The van der Waals surface area contributed by atoms with Gasteiger partial charge in [0.15, 0.2) is 4.34 Å². The zero-order chi connectivity index (χ0) is 9.84. The van der Waals surface area contributed by atoms with E-state index in [1.165, 1.54) is 11.3 Å². The van der Waals surface area contributed by atoms with Gasteiger partial charge in [-0.2, -0.15) is 0 Å². The fraction of sp³-hybridized carbons (Fsp3) is 0.625. The first-order valence-electron chi connectivity index (χ1n) is 4.10. The number of aliphatic hydroxyl groups excluding tert-OH is 1. The number of rotatable bonds is 4. The molecule has 1 aromatic rings. The van der Waals surface area contributed by atoms with Crippen molar-refractivity contribution in [3.63, 3.8) is 0 Å². The van der Waals surface area contributed by atoms with Crippen LogP contribution in [-0.2, 0) is 6.61 Å². The van der Waals surface area contributed by atoms with E-state index in [0.29, 0.717) is 10.4 Å². The Balaban J connectivity index is 2.67. The van der Waals surface area contributed by atoms with Gasteiger partial charge in [-0.3, -0.25) is 0 Å². The van der Waals surface area contributed by atoms with E-state index in [1.807, 2.05) is 0 Å². The van der Waals surface area contributed by atoms with Crippen LogP contribution in [0.15, 0.2) is 4.34 Å². The summed E-state index contributed by atoms with van der Waals surface area (Å²) in [5, 5.41) is 9.89. The summed E-state index contributed by atoms with van der Waals surface area (Å²) in [6.45, 7) is 4.27. The van der Waals surface area contributed by atoms with Crippen LogP contribution in [0, 0.1) is 0 Å². The molecular weight excluding hydrogens is 226 g/mol. The maximum Gasteiger partial charge on any atom is 0.152 e. The summed E-state index contributed by atoms with van der Waals surface area (Å²) in [6, 6.07) is 0. The van der Waals surface area contributed by atoms with E-state index in [0.717, 1.165) is 15.6 Å². The lowest BCUT2D eigenvalue weighted by Crippen LogP contribution is -1.90. The Morgan fingerprint density at radius 2 is 2.38 bits per heavy atom. The maximum atomic E-state index is 8.90. The van der Waals surface area contributed by atoms with Gasteiger partial charge >= 0.3 is 0 Å². The molecule has 1 rings (SSSR count). The van der Waals surface area contributed by atoms with Crippen molar-refractivity contribution in [2.24, 2.45) is 0 Å². The lowest BCUT2D eigenvalue weighted by atomic mass is 10.4. The molecule has 0 aliphatic heterocycles. The van der Waals surface area contributed by atoms with Crippen molar-refractivity contribution in [2.45, 2.75) is 36.5 Å². The normalized spacial score (nSPS) is 13.2. The number of hydrogen-bond donors (Lipinski definition) is 1. The highest BCUT2D eigenvalue weighted by molar-refractivity contribution is 8.01.